The highest BCUT2D eigenvalue weighted by Gasteiger charge is 2.16. The van der Waals surface area contributed by atoms with Crippen LogP contribution in [0.15, 0.2) is 0 Å². The normalized spacial score (nSPS) is 14.6. The van der Waals surface area contributed by atoms with Gasteiger partial charge >= 0.3 is 0 Å². The zero-order valence-electron chi connectivity index (χ0n) is 12.5. The van der Waals surface area contributed by atoms with Crippen molar-refractivity contribution >= 4 is 5.82 Å². The first-order valence-electron chi connectivity index (χ1n) is 8.16. The van der Waals surface area contributed by atoms with E-state index < -0.39 is 0 Å². The van der Waals surface area contributed by atoms with E-state index in [-0.39, 0.29) is 0 Å². The highest BCUT2D eigenvalue weighted by Crippen LogP contribution is 2.23. The van der Waals surface area contributed by atoms with Crippen molar-refractivity contribution in [3.8, 4) is 0 Å². The van der Waals surface area contributed by atoms with E-state index in [1.165, 1.54) is 63.6 Å². The summed E-state index contributed by atoms with van der Waals surface area (Å²) in [7, 11) is 0. The van der Waals surface area contributed by atoms with Gasteiger partial charge in [-0.2, -0.15) is 0 Å². The Morgan fingerprint density at radius 1 is 1.05 bits per heavy atom. The van der Waals surface area contributed by atoms with Crippen molar-refractivity contribution in [1.82, 2.24) is 9.55 Å². The van der Waals surface area contributed by atoms with Gasteiger partial charge in [0.1, 0.15) is 11.6 Å². The van der Waals surface area contributed by atoms with Crippen LogP contribution in [0.3, 0.4) is 0 Å². The zero-order chi connectivity index (χ0) is 13.5. The standard InChI is InChI=1S/C16H29N3/c1-2-3-4-5-6-7-8-11-14-16(17)19-13-10-9-12-15(19)18-14/h2-13,17H2,1H3. The second kappa shape index (κ2) is 7.56. The SMILES string of the molecule is CCCCCCCCCc1nc2n(c1N)CCCC2. The Morgan fingerprint density at radius 3 is 2.53 bits per heavy atom. The third kappa shape index (κ3) is 3.99. The van der Waals surface area contributed by atoms with Gasteiger partial charge in [0, 0.05) is 13.0 Å². The van der Waals surface area contributed by atoms with E-state index in [9.17, 15) is 0 Å². The second-order valence-corrected chi connectivity index (χ2v) is 5.84. The van der Waals surface area contributed by atoms with Gasteiger partial charge in [-0.3, -0.25) is 0 Å². The van der Waals surface area contributed by atoms with Crippen molar-refractivity contribution in [3.05, 3.63) is 11.5 Å². The first-order chi connectivity index (χ1) is 9.33. The predicted octanol–water partition coefficient (Wildman–Crippen LogP) is 4.09. The topological polar surface area (TPSA) is 43.8 Å². The number of aromatic nitrogens is 2. The predicted molar refractivity (Wildman–Crippen MR) is 81.3 cm³/mol. The number of unbranched alkanes of at least 4 members (excludes halogenated alkanes) is 6. The Balaban J connectivity index is 1.70. The molecule has 1 aliphatic heterocycles. The van der Waals surface area contributed by atoms with Gasteiger partial charge in [0.25, 0.3) is 0 Å². The minimum atomic E-state index is 0.945. The van der Waals surface area contributed by atoms with E-state index in [1.54, 1.807) is 0 Å². The van der Waals surface area contributed by atoms with E-state index in [2.05, 4.69) is 11.5 Å². The van der Waals surface area contributed by atoms with Crippen molar-refractivity contribution in [2.24, 2.45) is 0 Å². The summed E-state index contributed by atoms with van der Waals surface area (Å²) in [6.07, 6.45) is 14.2. The summed E-state index contributed by atoms with van der Waals surface area (Å²) in [4.78, 5) is 4.74. The fraction of sp³-hybridized carbons (Fsp3) is 0.812. The monoisotopic (exact) mass is 263 g/mol. The molecule has 19 heavy (non-hydrogen) atoms. The van der Waals surface area contributed by atoms with Crippen LogP contribution in [-0.4, -0.2) is 9.55 Å². The number of aryl methyl sites for hydroxylation is 2. The highest BCUT2D eigenvalue weighted by molar-refractivity contribution is 5.38. The molecule has 3 nitrogen and oxygen atoms in total. The quantitative estimate of drug-likeness (QED) is 0.718. The van der Waals surface area contributed by atoms with Gasteiger partial charge in [-0.15, -0.1) is 0 Å². The zero-order valence-corrected chi connectivity index (χ0v) is 12.5. The average Bonchev–Trinajstić information content (AvgIpc) is 2.75. The smallest absolute Gasteiger partial charge is 0.126 e. The van der Waals surface area contributed by atoms with Crippen LogP contribution in [-0.2, 0) is 19.4 Å². The summed E-state index contributed by atoms with van der Waals surface area (Å²) in [6, 6.07) is 0. The fourth-order valence-electron chi connectivity index (χ4n) is 3.00. The van der Waals surface area contributed by atoms with Gasteiger partial charge in [0.05, 0.1) is 5.69 Å². The lowest BCUT2D eigenvalue weighted by Crippen LogP contribution is -2.12. The van der Waals surface area contributed by atoms with Gasteiger partial charge in [-0.25, -0.2) is 4.98 Å². The van der Waals surface area contributed by atoms with Crippen LogP contribution in [0.5, 0.6) is 0 Å². The summed E-state index contributed by atoms with van der Waals surface area (Å²) in [6.45, 7) is 3.34. The molecule has 0 amide bonds. The number of nitrogens with zero attached hydrogens (tertiary/aromatic N) is 2. The molecule has 1 aromatic heterocycles. The molecule has 0 spiro atoms. The number of nitrogens with two attached hydrogens (primary N) is 1. The number of hydrogen-bond donors (Lipinski definition) is 1. The van der Waals surface area contributed by atoms with E-state index >= 15 is 0 Å². The molecule has 0 aliphatic carbocycles. The first kappa shape index (κ1) is 14.4. The lowest BCUT2D eigenvalue weighted by atomic mass is 10.1. The summed E-state index contributed by atoms with van der Waals surface area (Å²) in [5, 5.41) is 0. The molecule has 108 valence electrons. The Morgan fingerprint density at radius 2 is 1.79 bits per heavy atom. The molecule has 1 aliphatic rings. The van der Waals surface area contributed by atoms with Crippen LogP contribution in [0.2, 0.25) is 0 Å². The molecule has 2 heterocycles. The number of imidazole rings is 1. The summed E-state index contributed by atoms with van der Waals surface area (Å²) in [5.41, 5.74) is 7.36. The molecule has 0 saturated carbocycles. The van der Waals surface area contributed by atoms with E-state index in [1.807, 2.05) is 0 Å². The van der Waals surface area contributed by atoms with Crippen molar-refractivity contribution in [3.63, 3.8) is 0 Å². The summed E-state index contributed by atoms with van der Waals surface area (Å²) in [5.74, 6) is 2.17. The number of fused-ring (bicyclic) bond motifs is 1. The van der Waals surface area contributed by atoms with Crippen LogP contribution in [0.1, 0.15) is 76.2 Å². The second-order valence-electron chi connectivity index (χ2n) is 5.84. The average molecular weight is 263 g/mol. The molecular formula is C16H29N3. The van der Waals surface area contributed by atoms with Crippen molar-refractivity contribution in [2.75, 3.05) is 5.73 Å². The fourth-order valence-corrected chi connectivity index (χ4v) is 3.00. The Bertz CT molecular complexity index is 382. The van der Waals surface area contributed by atoms with E-state index in [4.69, 9.17) is 10.7 Å². The minimum absolute atomic E-state index is 0.945. The lowest BCUT2D eigenvalue weighted by molar-refractivity contribution is 0.527. The van der Waals surface area contributed by atoms with Gasteiger partial charge < -0.3 is 10.3 Å². The first-order valence-corrected chi connectivity index (χ1v) is 8.16. The minimum Gasteiger partial charge on any atom is -0.384 e. The van der Waals surface area contributed by atoms with Crippen LogP contribution in [0.4, 0.5) is 5.82 Å². The largest absolute Gasteiger partial charge is 0.384 e. The van der Waals surface area contributed by atoms with Gasteiger partial charge in [-0.05, 0) is 25.7 Å². The maximum atomic E-state index is 6.21. The van der Waals surface area contributed by atoms with Crippen molar-refractivity contribution < 1.29 is 0 Å². The summed E-state index contributed by atoms with van der Waals surface area (Å²) < 4.78 is 2.24. The maximum absolute atomic E-state index is 6.21. The molecule has 0 unspecified atom stereocenters. The molecule has 2 rings (SSSR count). The molecule has 0 radical (unpaired) electrons. The lowest BCUT2D eigenvalue weighted by Gasteiger charge is -2.14. The van der Waals surface area contributed by atoms with Gasteiger partial charge in [0.15, 0.2) is 0 Å². The van der Waals surface area contributed by atoms with E-state index in [0.717, 1.165) is 30.9 Å². The van der Waals surface area contributed by atoms with Crippen LogP contribution in [0.25, 0.3) is 0 Å². The number of rotatable bonds is 8. The molecule has 1 aromatic rings. The third-order valence-corrected chi connectivity index (χ3v) is 4.21. The Kier molecular flexibility index (Phi) is 5.74. The van der Waals surface area contributed by atoms with Crippen molar-refractivity contribution in [1.29, 1.82) is 0 Å². The van der Waals surface area contributed by atoms with E-state index in [0.29, 0.717) is 0 Å². The van der Waals surface area contributed by atoms with Crippen molar-refractivity contribution in [2.45, 2.75) is 84.1 Å². The molecule has 2 N–H and O–H groups in total. The molecule has 0 atom stereocenters. The maximum Gasteiger partial charge on any atom is 0.126 e. The van der Waals surface area contributed by atoms with Crippen LogP contribution >= 0.6 is 0 Å². The summed E-state index contributed by atoms with van der Waals surface area (Å²) >= 11 is 0. The molecule has 0 bridgehead atoms. The van der Waals surface area contributed by atoms with Gasteiger partial charge in [-0.1, -0.05) is 45.4 Å². The molecular weight excluding hydrogens is 234 g/mol. The van der Waals surface area contributed by atoms with Gasteiger partial charge in [0.2, 0.25) is 0 Å². The number of hydrogen-bond acceptors (Lipinski definition) is 2. The number of anilines is 1. The number of nitrogen functional groups attached to an aromatic ring is 1. The van der Waals surface area contributed by atoms with Crippen LogP contribution < -0.4 is 5.73 Å². The Hall–Kier alpha value is -0.990. The third-order valence-electron chi connectivity index (χ3n) is 4.21. The molecule has 3 heteroatoms. The molecule has 0 fully saturated rings. The Labute approximate surface area is 117 Å². The highest BCUT2D eigenvalue weighted by atomic mass is 15.1. The molecule has 0 aromatic carbocycles. The molecule has 0 saturated heterocycles. The van der Waals surface area contributed by atoms with Crippen LogP contribution in [0, 0.1) is 0 Å².